The Kier molecular flexibility index (Phi) is 3.77. The van der Waals surface area contributed by atoms with Gasteiger partial charge in [-0.05, 0) is 19.1 Å². The average molecular weight is 245 g/mol. The van der Waals surface area contributed by atoms with E-state index in [0.717, 1.165) is 0 Å². The van der Waals surface area contributed by atoms with E-state index in [2.05, 4.69) is 0 Å². The second-order valence-electron chi connectivity index (χ2n) is 3.27. The highest BCUT2D eigenvalue weighted by atomic mass is 32.2. The van der Waals surface area contributed by atoms with Gasteiger partial charge < -0.3 is 15.2 Å². The molecular weight excluding hydrogens is 230 g/mol. The first-order chi connectivity index (χ1) is 7.43. The van der Waals surface area contributed by atoms with Crippen molar-refractivity contribution in [3.05, 3.63) is 18.2 Å². The molecule has 1 aromatic carbocycles. The molecule has 0 aliphatic carbocycles. The molecule has 0 saturated heterocycles. The molecule has 1 atom stereocenters. The van der Waals surface area contributed by atoms with Gasteiger partial charge in [0, 0.05) is 6.07 Å². The molecular formula is C10H15NO4S. The Bertz CT molecular complexity index is 468. The summed E-state index contributed by atoms with van der Waals surface area (Å²) in [7, 11) is -0.564. The van der Waals surface area contributed by atoms with Crippen molar-refractivity contribution in [3.8, 4) is 11.5 Å². The summed E-state index contributed by atoms with van der Waals surface area (Å²) in [5.41, 5.74) is 5.40. The summed E-state index contributed by atoms with van der Waals surface area (Å²) in [6.45, 7) is 1.42. The van der Waals surface area contributed by atoms with Crippen molar-refractivity contribution >= 4 is 9.84 Å². The van der Waals surface area contributed by atoms with E-state index in [-0.39, 0.29) is 4.90 Å². The zero-order valence-corrected chi connectivity index (χ0v) is 10.2. The van der Waals surface area contributed by atoms with Crippen molar-refractivity contribution in [2.75, 3.05) is 14.2 Å². The second-order valence-corrected chi connectivity index (χ2v) is 5.57. The summed E-state index contributed by atoms with van der Waals surface area (Å²) in [5, 5.41) is -0.953. The molecule has 0 aromatic heterocycles. The number of methoxy groups -OCH3 is 2. The first-order valence-corrected chi connectivity index (χ1v) is 6.19. The molecule has 1 unspecified atom stereocenters. The molecule has 2 N–H and O–H groups in total. The summed E-state index contributed by atoms with van der Waals surface area (Å²) >= 11 is 0. The minimum absolute atomic E-state index is 0.125. The van der Waals surface area contributed by atoms with Crippen LogP contribution >= 0.6 is 0 Å². The quantitative estimate of drug-likeness (QED) is 0.848. The number of hydrogen-bond acceptors (Lipinski definition) is 5. The minimum atomic E-state index is -3.49. The van der Waals surface area contributed by atoms with E-state index in [4.69, 9.17) is 15.2 Å². The van der Waals surface area contributed by atoms with Crippen molar-refractivity contribution in [1.82, 2.24) is 0 Å². The van der Waals surface area contributed by atoms with E-state index in [0.29, 0.717) is 11.5 Å². The van der Waals surface area contributed by atoms with Gasteiger partial charge in [0.15, 0.2) is 21.3 Å². The van der Waals surface area contributed by atoms with Gasteiger partial charge in [-0.15, -0.1) is 0 Å². The van der Waals surface area contributed by atoms with Gasteiger partial charge in [-0.1, -0.05) is 0 Å². The number of benzene rings is 1. The van der Waals surface area contributed by atoms with Crippen LogP contribution in [0.2, 0.25) is 0 Å². The number of hydrogen-bond donors (Lipinski definition) is 1. The number of ether oxygens (including phenoxy) is 2. The van der Waals surface area contributed by atoms with E-state index in [9.17, 15) is 8.42 Å². The van der Waals surface area contributed by atoms with Gasteiger partial charge in [0.25, 0.3) is 0 Å². The van der Waals surface area contributed by atoms with Crippen LogP contribution in [0.3, 0.4) is 0 Å². The van der Waals surface area contributed by atoms with Crippen LogP contribution < -0.4 is 15.2 Å². The highest BCUT2D eigenvalue weighted by molar-refractivity contribution is 7.92. The largest absolute Gasteiger partial charge is 0.493 e. The van der Waals surface area contributed by atoms with Crippen molar-refractivity contribution in [2.45, 2.75) is 17.2 Å². The molecule has 90 valence electrons. The van der Waals surface area contributed by atoms with E-state index in [1.54, 1.807) is 0 Å². The molecule has 5 nitrogen and oxygen atoms in total. The zero-order valence-electron chi connectivity index (χ0n) is 9.43. The van der Waals surface area contributed by atoms with E-state index >= 15 is 0 Å². The van der Waals surface area contributed by atoms with Crippen LogP contribution in [-0.2, 0) is 9.84 Å². The molecule has 0 saturated carbocycles. The van der Waals surface area contributed by atoms with Crippen LogP contribution in [0, 0.1) is 0 Å². The van der Waals surface area contributed by atoms with Crippen LogP contribution in [0.5, 0.6) is 11.5 Å². The summed E-state index contributed by atoms with van der Waals surface area (Å²) < 4.78 is 33.6. The fraction of sp³-hybridized carbons (Fsp3) is 0.400. The third kappa shape index (κ3) is 2.28. The van der Waals surface area contributed by atoms with Crippen LogP contribution in [0.15, 0.2) is 23.1 Å². The van der Waals surface area contributed by atoms with Crippen LogP contribution in [0.4, 0.5) is 0 Å². The van der Waals surface area contributed by atoms with Gasteiger partial charge in [0.2, 0.25) is 0 Å². The number of rotatable bonds is 4. The molecule has 0 fully saturated rings. The molecule has 0 amide bonds. The fourth-order valence-electron chi connectivity index (χ4n) is 1.21. The second kappa shape index (κ2) is 4.71. The number of nitrogens with two attached hydrogens (primary N) is 1. The Hall–Kier alpha value is -1.27. The molecule has 6 heteroatoms. The lowest BCUT2D eigenvalue weighted by Crippen LogP contribution is -2.26. The maximum absolute atomic E-state index is 11.8. The Morgan fingerprint density at radius 3 is 2.19 bits per heavy atom. The summed E-state index contributed by atoms with van der Waals surface area (Å²) in [4.78, 5) is 0.125. The van der Waals surface area contributed by atoms with Crippen LogP contribution in [-0.4, -0.2) is 28.0 Å². The van der Waals surface area contributed by atoms with E-state index < -0.39 is 15.2 Å². The summed E-state index contributed by atoms with van der Waals surface area (Å²) in [6.07, 6.45) is 0. The monoisotopic (exact) mass is 245 g/mol. The summed E-state index contributed by atoms with van der Waals surface area (Å²) in [5.74, 6) is 0.843. The van der Waals surface area contributed by atoms with Crippen LogP contribution in [0.1, 0.15) is 6.92 Å². The number of sulfone groups is 1. The molecule has 0 aliphatic heterocycles. The molecule has 0 radical (unpaired) electrons. The smallest absolute Gasteiger partial charge is 0.193 e. The van der Waals surface area contributed by atoms with Gasteiger partial charge in [-0.25, -0.2) is 8.42 Å². The normalized spacial score (nSPS) is 13.2. The van der Waals surface area contributed by atoms with E-state index in [1.807, 2.05) is 0 Å². The summed E-state index contributed by atoms with van der Waals surface area (Å²) in [6, 6.07) is 4.38. The average Bonchev–Trinajstić information content (AvgIpc) is 2.27. The van der Waals surface area contributed by atoms with Crippen molar-refractivity contribution in [3.63, 3.8) is 0 Å². The van der Waals surface area contributed by atoms with Crippen LogP contribution in [0.25, 0.3) is 0 Å². The fourth-order valence-corrected chi connectivity index (χ4v) is 2.17. The zero-order chi connectivity index (χ0) is 12.3. The Balaban J connectivity index is 3.29. The highest BCUT2D eigenvalue weighted by Gasteiger charge is 2.21. The lowest BCUT2D eigenvalue weighted by molar-refractivity contribution is 0.354. The maximum atomic E-state index is 11.8. The van der Waals surface area contributed by atoms with Gasteiger partial charge in [-0.3, -0.25) is 0 Å². The molecule has 0 spiro atoms. The van der Waals surface area contributed by atoms with Gasteiger partial charge in [-0.2, -0.15) is 0 Å². The maximum Gasteiger partial charge on any atom is 0.193 e. The van der Waals surface area contributed by atoms with Gasteiger partial charge in [0.05, 0.1) is 19.1 Å². The SMILES string of the molecule is COc1ccc(S(=O)(=O)C(C)N)cc1OC. The highest BCUT2D eigenvalue weighted by Crippen LogP contribution is 2.30. The Morgan fingerprint density at radius 1 is 1.19 bits per heavy atom. The third-order valence-corrected chi connectivity index (χ3v) is 4.06. The van der Waals surface area contributed by atoms with Gasteiger partial charge in [0.1, 0.15) is 5.37 Å². The Morgan fingerprint density at radius 2 is 1.75 bits per heavy atom. The third-order valence-electron chi connectivity index (χ3n) is 2.17. The molecule has 1 rings (SSSR count). The molecule has 0 bridgehead atoms. The standard InChI is InChI=1S/C10H15NO4S/c1-7(11)16(12,13)8-4-5-9(14-2)10(6-8)15-3/h4-7H,11H2,1-3H3. The first-order valence-electron chi connectivity index (χ1n) is 4.65. The lowest BCUT2D eigenvalue weighted by atomic mass is 10.3. The molecule has 0 aliphatic rings. The minimum Gasteiger partial charge on any atom is -0.493 e. The van der Waals surface area contributed by atoms with Gasteiger partial charge >= 0.3 is 0 Å². The molecule has 16 heavy (non-hydrogen) atoms. The Labute approximate surface area is 95.1 Å². The topological polar surface area (TPSA) is 78.6 Å². The van der Waals surface area contributed by atoms with E-state index in [1.165, 1.54) is 39.3 Å². The van der Waals surface area contributed by atoms with Crippen molar-refractivity contribution in [1.29, 1.82) is 0 Å². The predicted molar refractivity (Wildman–Crippen MR) is 60.4 cm³/mol. The molecule has 0 heterocycles. The van der Waals surface area contributed by atoms with Crippen molar-refractivity contribution < 1.29 is 17.9 Å². The van der Waals surface area contributed by atoms with Crippen molar-refractivity contribution in [2.24, 2.45) is 5.73 Å². The first kappa shape index (κ1) is 12.8. The molecule has 1 aromatic rings. The predicted octanol–water partition coefficient (Wildman–Crippen LogP) is 0.782. The lowest BCUT2D eigenvalue weighted by Gasteiger charge is -2.11.